The molecule has 0 aliphatic heterocycles. The highest BCUT2D eigenvalue weighted by atomic mass is 19.1. The van der Waals surface area contributed by atoms with Gasteiger partial charge in [0.2, 0.25) is 0 Å². The van der Waals surface area contributed by atoms with Crippen molar-refractivity contribution in [1.82, 2.24) is 0 Å². The first-order valence-corrected chi connectivity index (χ1v) is 7.67. The largest absolute Gasteiger partial charge is 0.480 e. The Labute approximate surface area is 144 Å². The van der Waals surface area contributed by atoms with Crippen LogP contribution in [0.1, 0.15) is 41.5 Å². The number of halogens is 1. The number of benzene rings is 2. The summed E-state index contributed by atoms with van der Waals surface area (Å²) in [7, 11) is 0. The first-order valence-electron chi connectivity index (χ1n) is 7.67. The molecule has 2 rings (SSSR count). The lowest BCUT2D eigenvalue weighted by molar-refractivity contribution is -0.122. The van der Waals surface area contributed by atoms with Gasteiger partial charge >= 0.3 is 0 Å². The Kier molecular flexibility index (Phi) is 5.64. The lowest BCUT2D eigenvalue weighted by atomic mass is 10.1. The molecule has 2 aromatic rings. The molecule has 0 aromatic heterocycles. The van der Waals surface area contributed by atoms with Crippen LogP contribution in [0, 0.1) is 5.82 Å². The highest BCUT2D eigenvalue weighted by molar-refractivity contribution is 6.04. The molecule has 0 unspecified atom stereocenters. The number of rotatable bonds is 6. The van der Waals surface area contributed by atoms with E-state index in [1.54, 1.807) is 24.3 Å². The fraction of sp³-hybridized carbons (Fsp3) is 0.211. The van der Waals surface area contributed by atoms with E-state index < -0.39 is 17.8 Å². The number of Topliss-reactive ketones (excluding diaryl/α,β-unsaturated/α-hetero) is 2. The van der Waals surface area contributed by atoms with Crippen LogP contribution in [0.25, 0.3) is 0 Å². The van der Waals surface area contributed by atoms with Gasteiger partial charge in [-0.15, -0.1) is 0 Å². The average Bonchev–Trinajstić information content (AvgIpc) is 2.56. The quantitative estimate of drug-likeness (QED) is 0.813. The lowest BCUT2D eigenvalue weighted by Gasteiger charge is -2.17. The van der Waals surface area contributed by atoms with E-state index in [-0.39, 0.29) is 22.9 Å². The van der Waals surface area contributed by atoms with Crippen molar-refractivity contribution >= 4 is 23.2 Å². The number of carbonyl (C=O) groups is 3. The molecule has 0 aliphatic carbocycles. The minimum atomic E-state index is -0.955. The maximum Gasteiger partial charge on any atom is 0.265 e. The summed E-state index contributed by atoms with van der Waals surface area (Å²) < 4.78 is 18.8. The molecule has 0 aliphatic rings. The summed E-state index contributed by atoms with van der Waals surface area (Å²) in [5, 5.41) is 2.63. The number of hydrogen-bond acceptors (Lipinski definition) is 4. The summed E-state index contributed by atoms with van der Waals surface area (Å²) in [5.74, 6) is -1.49. The molecule has 0 spiro atoms. The zero-order valence-electron chi connectivity index (χ0n) is 14.1. The summed E-state index contributed by atoms with van der Waals surface area (Å²) in [5.41, 5.74) is 0.819. The molecule has 1 amide bonds. The molecular formula is C19H18FNO4. The van der Waals surface area contributed by atoms with E-state index in [0.29, 0.717) is 11.3 Å². The Morgan fingerprint density at radius 3 is 2.28 bits per heavy atom. The van der Waals surface area contributed by atoms with Crippen LogP contribution < -0.4 is 10.1 Å². The number of para-hydroxylation sites is 1. The van der Waals surface area contributed by atoms with Gasteiger partial charge in [-0.2, -0.15) is 0 Å². The Balaban J connectivity index is 2.17. The summed E-state index contributed by atoms with van der Waals surface area (Å²) in [6.45, 7) is 4.19. The van der Waals surface area contributed by atoms with Gasteiger partial charge in [-0.25, -0.2) is 4.39 Å². The summed E-state index contributed by atoms with van der Waals surface area (Å²) in [6.07, 6.45) is -0.955. The molecule has 0 saturated carbocycles. The van der Waals surface area contributed by atoms with E-state index in [0.717, 1.165) is 12.1 Å². The van der Waals surface area contributed by atoms with Gasteiger partial charge in [0.25, 0.3) is 5.91 Å². The summed E-state index contributed by atoms with van der Waals surface area (Å²) in [4.78, 5) is 35.5. The second-order valence-corrected chi connectivity index (χ2v) is 5.55. The third-order valence-corrected chi connectivity index (χ3v) is 3.56. The molecule has 6 heteroatoms. The van der Waals surface area contributed by atoms with Gasteiger partial charge < -0.3 is 10.1 Å². The zero-order chi connectivity index (χ0) is 18.6. The number of carbonyl (C=O) groups excluding carboxylic acids is 3. The lowest BCUT2D eigenvalue weighted by Crippen LogP contribution is -2.31. The van der Waals surface area contributed by atoms with Crippen molar-refractivity contribution in [3.05, 3.63) is 59.4 Å². The number of ether oxygens (including phenoxy) is 1. The molecule has 130 valence electrons. The predicted molar refractivity (Wildman–Crippen MR) is 91.6 cm³/mol. The normalized spacial score (nSPS) is 11.5. The topological polar surface area (TPSA) is 72.5 Å². The van der Waals surface area contributed by atoms with Crippen molar-refractivity contribution in [3.8, 4) is 5.75 Å². The second kappa shape index (κ2) is 7.70. The number of anilines is 1. The van der Waals surface area contributed by atoms with Gasteiger partial charge in [0, 0.05) is 5.56 Å². The van der Waals surface area contributed by atoms with Crippen LogP contribution in [0.5, 0.6) is 5.75 Å². The van der Waals surface area contributed by atoms with Gasteiger partial charge in [0.05, 0.1) is 11.3 Å². The minimum absolute atomic E-state index is 0.0591. The molecule has 2 aromatic carbocycles. The van der Waals surface area contributed by atoms with Gasteiger partial charge in [-0.3, -0.25) is 14.4 Å². The maximum atomic E-state index is 13.3. The summed E-state index contributed by atoms with van der Waals surface area (Å²) in [6, 6.07) is 10.1. The smallest absolute Gasteiger partial charge is 0.265 e. The van der Waals surface area contributed by atoms with Crippen LogP contribution >= 0.6 is 0 Å². The van der Waals surface area contributed by atoms with Crippen LogP contribution in [0.2, 0.25) is 0 Å². The second-order valence-electron chi connectivity index (χ2n) is 5.55. The minimum Gasteiger partial charge on any atom is -0.480 e. The van der Waals surface area contributed by atoms with Gasteiger partial charge in [0.1, 0.15) is 11.6 Å². The maximum absolute atomic E-state index is 13.3. The van der Waals surface area contributed by atoms with Crippen LogP contribution in [-0.2, 0) is 4.79 Å². The Morgan fingerprint density at radius 2 is 1.64 bits per heavy atom. The number of amides is 1. The van der Waals surface area contributed by atoms with Crippen LogP contribution in [0.4, 0.5) is 10.1 Å². The fourth-order valence-corrected chi connectivity index (χ4v) is 2.26. The first kappa shape index (κ1) is 18.3. The molecule has 0 bridgehead atoms. The third kappa shape index (κ3) is 4.50. The van der Waals surface area contributed by atoms with E-state index in [2.05, 4.69) is 5.32 Å². The van der Waals surface area contributed by atoms with Gasteiger partial charge in [-0.05, 0) is 51.1 Å². The Morgan fingerprint density at radius 1 is 1.00 bits per heavy atom. The molecule has 25 heavy (non-hydrogen) atoms. The first-order chi connectivity index (χ1) is 11.8. The van der Waals surface area contributed by atoms with Crippen molar-refractivity contribution in [2.45, 2.75) is 26.9 Å². The number of ketones is 2. The summed E-state index contributed by atoms with van der Waals surface area (Å²) >= 11 is 0. The average molecular weight is 343 g/mol. The molecular weight excluding hydrogens is 325 g/mol. The predicted octanol–water partition coefficient (Wildman–Crippen LogP) is 3.64. The van der Waals surface area contributed by atoms with E-state index in [4.69, 9.17) is 4.74 Å². The van der Waals surface area contributed by atoms with E-state index in [1.165, 1.54) is 26.8 Å². The molecule has 0 saturated heterocycles. The Hall–Kier alpha value is -3.02. The Bertz CT molecular complexity index is 832. The van der Waals surface area contributed by atoms with Crippen molar-refractivity contribution in [3.63, 3.8) is 0 Å². The van der Waals surface area contributed by atoms with Crippen molar-refractivity contribution in [2.75, 3.05) is 5.32 Å². The van der Waals surface area contributed by atoms with Crippen LogP contribution in [0.15, 0.2) is 42.5 Å². The van der Waals surface area contributed by atoms with E-state index in [9.17, 15) is 18.8 Å². The molecule has 0 radical (unpaired) electrons. The monoisotopic (exact) mass is 343 g/mol. The van der Waals surface area contributed by atoms with E-state index >= 15 is 0 Å². The van der Waals surface area contributed by atoms with Gasteiger partial charge in [0.15, 0.2) is 17.7 Å². The van der Waals surface area contributed by atoms with Crippen LogP contribution in [0.3, 0.4) is 0 Å². The van der Waals surface area contributed by atoms with Crippen molar-refractivity contribution in [2.24, 2.45) is 0 Å². The molecule has 0 heterocycles. The van der Waals surface area contributed by atoms with Gasteiger partial charge in [-0.1, -0.05) is 12.1 Å². The third-order valence-electron chi connectivity index (χ3n) is 3.56. The van der Waals surface area contributed by atoms with Crippen molar-refractivity contribution < 1.29 is 23.5 Å². The number of nitrogens with one attached hydrogen (secondary N) is 1. The SMILES string of the molecule is CC(=O)c1ccccc1NC(=O)[C@@H](C)Oc1ccc(F)cc1C(C)=O. The van der Waals surface area contributed by atoms with Crippen LogP contribution in [-0.4, -0.2) is 23.6 Å². The molecule has 0 fully saturated rings. The fourth-order valence-electron chi connectivity index (χ4n) is 2.26. The molecule has 5 nitrogen and oxygen atoms in total. The number of hydrogen-bond donors (Lipinski definition) is 1. The van der Waals surface area contributed by atoms with E-state index in [1.807, 2.05) is 0 Å². The highest BCUT2D eigenvalue weighted by Gasteiger charge is 2.19. The standard InChI is InChI=1S/C19H18FNO4/c1-11(22)15-6-4-5-7-17(15)21-19(24)13(3)25-18-9-8-14(20)10-16(18)12(2)23/h4-10,13H,1-3H3,(H,21,24)/t13-/m1/s1. The highest BCUT2D eigenvalue weighted by Crippen LogP contribution is 2.22. The zero-order valence-corrected chi connectivity index (χ0v) is 14.1. The molecule has 1 N–H and O–H groups in total. The van der Waals surface area contributed by atoms with Crippen molar-refractivity contribution in [1.29, 1.82) is 0 Å². The molecule has 1 atom stereocenters.